The summed E-state index contributed by atoms with van der Waals surface area (Å²) in [5.41, 5.74) is 2.57. The third-order valence-corrected chi connectivity index (χ3v) is 7.87. The minimum atomic E-state index is -0.299. The molecule has 0 aliphatic carbocycles. The lowest BCUT2D eigenvalue weighted by atomic mass is 10.0. The van der Waals surface area contributed by atoms with E-state index in [4.69, 9.17) is 16.3 Å². The number of rotatable bonds is 8. The number of urea groups is 1. The number of H-pyrrole nitrogens is 1. The average molecular weight is 569 g/mol. The fraction of sp³-hybridized carbons (Fsp3) is 0.333. The first-order chi connectivity index (χ1) is 18.9. The zero-order valence-electron chi connectivity index (χ0n) is 21.4. The second-order valence-corrected chi connectivity index (χ2v) is 10.7. The number of fused-ring (bicyclic) bond motifs is 1. The van der Waals surface area contributed by atoms with Gasteiger partial charge in [-0.3, -0.25) is 9.36 Å². The van der Waals surface area contributed by atoms with Crippen LogP contribution in [0, 0.1) is 0 Å². The number of aromatic amines is 1. The summed E-state index contributed by atoms with van der Waals surface area (Å²) in [5.74, 6) is -0.142. The van der Waals surface area contributed by atoms with Crippen LogP contribution in [0.3, 0.4) is 0 Å². The zero-order chi connectivity index (χ0) is 27.4. The topological polar surface area (TPSA) is 113 Å². The number of likely N-dealkylation sites (tertiary alicyclic amines) is 1. The monoisotopic (exact) mass is 568 g/mol. The number of imidazole rings is 1. The van der Waals surface area contributed by atoms with Crippen LogP contribution in [-0.4, -0.2) is 69.6 Å². The largest absolute Gasteiger partial charge is 0.383 e. The van der Waals surface area contributed by atoms with Crippen LogP contribution in [0.4, 0.5) is 10.5 Å². The highest BCUT2D eigenvalue weighted by atomic mass is 35.5. The molecule has 0 bridgehead atoms. The Balaban J connectivity index is 1.21. The first-order valence-electron chi connectivity index (χ1n) is 12.7. The number of hydrogen-bond donors (Lipinski definition) is 2. The molecule has 12 heteroatoms. The number of carbonyl (C=O) groups is 2. The zero-order valence-corrected chi connectivity index (χ0v) is 23.0. The number of para-hydroxylation sites is 2. The van der Waals surface area contributed by atoms with Crippen molar-refractivity contribution in [3.8, 4) is 0 Å². The summed E-state index contributed by atoms with van der Waals surface area (Å²) in [7, 11) is 1.58. The molecule has 1 aliphatic rings. The Kier molecular flexibility index (Phi) is 8.30. The smallest absolute Gasteiger partial charge is 0.326 e. The molecule has 1 aliphatic heterocycles. The number of carbonyl (C=O) groups excluding carboxylic acids is 2. The van der Waals surface area contributed by atoms with E-state index in [1.807, 2.05) is 28.8 Å². The Morgan fingerprint density at radius 1 is 1.18 bits per heavy atom. The van der Waals surface area contributed by atoms with Gasteiger partial charge >= 0.3 is 11.7 Å². The molecule has 2 aromatic carbocycles. The molecule has 0 atom stereocenters. The van der Waals surface area contributed by atoms with Crippen molar-refractivity contribution in [3.05, 3.63) is 80.1 Å². The van der Waals surface area contributed by atoms with Gasteiger partial charge in [0.2, 0.25) is 0 Å². The molecule has 204 valence electrons. The lowest BCUT2D eigenvalue weighted by molar-refractivity contribution is 0.0689. The van der Waals surface area contributed by atoms with Crippen LogP contribution in [0.5, 0.6) is 0 Å². The van der Waals surface area contributed by atoms with E-state index in [0.29, 0.717) is 60.5 Å². The van der Waals surface area contributed by atoms with E-state index in [-0.39, 0.29) is 30.2 Å². The molecular weight excluding hydrogens is 540 g/mol. The standard InChI is InChI=1S/C27H29ClN6O4S/c1-38-15-14-33(26(36)29-19-8-6-18(28)7-9-19)16-24-30-22(17-39-24)25(35)32-12-10-20(11-13-32)34-23-5-3-2-4-21(23)31-27(34)37/h2-9,17,20H,10-16H2,1H3,(H,29,36)(H,31,37). The maximum absolute atomic E-state index is 13.2. The molecule has 0 spiro atoms. The maximum atomic E-state index is 13.2. The van der Waals surface area contributed by atoms with E-state index in [0.717, 1.165) is 11.0 Å². The number of anilines is 1. The minimum Gasteiger partial charge on any atom is -0.383 e. The first-order valence-corrected chi connectivity index (χ1v) is 13.9. The number of thiazole rings is 1. The van der Waals surface area contributed by atoms with E-state index in [2.05, 4.69) is 15.3 Å². The van der Waals surface area contributed by atoms with Crippen LogP contribution in [0.1, 0.15) is 34.4 Å². The summed E-state index contributed by atoms with van der Waals surface area (Å²) < 4.78 is 6.98. The van der Waals surface area contributed by atoms with Gasteiger partial charge in [-0.25, -0.2) is 14.6 Å². The Morgan fingerprint density at radius 3 is 2.67 bits per heavy atom. The summed E-state index contributed by atoms with van der Waals surface area (Å²) >= 11 is 7.28. The molecule has 2 aromatic heterocycles. The van der Waals surface area contributed by atoms with E-state index in [1.165, 1.54) is 11.3 Å². The van der Waals surface area contributed by atoms with Crippen LogP contribution in [0.25, 0.3) is 11.0 Å². The highest BCUT2D eigenvalue weighted by Gasteiger charge is 2.28. The van der Waals surface area contributed by atoms with Gasteiger partial charge in [-0.15, -0.1) is 11.3 Å². The van der Waals surface area contributed by atoms with Crippen LogP contribution in [0.2, 0.25) is 5.02 Å². The predicted molar refractivity (Wildman–Crippen MR) is 152 cm³/mol. The number of piperidine rings is 1. The van der Waals surface area contributed by atoms with Crippen molar-refractivity contribution >= 4 is 51.6 Å². The number of halogens is 1. The second-order valence-electron chi connectivity index (χ2n) is 9.32. The third-order valence-electron chi connectivity index (χ3n) is 6.79. The van der Waals surface area contributed by atoms with Gasteiger partial charge in [0.25, 0.3) is 5.91 Å². The fourth-order valence-electron chi connectivity index (χ4n) is 4.76. The van der Waals surface area contributed by atoms with Crippen molar-refractivity contribution in [3.63, 3.8) is 0 Å². The van der Waals surface area contributed by atoms with Crippen molar-refractivity contribution in [1.29, 1.82) is 0 Å². The number of ether oxygens (including phenoxy) is 1. The van der Waals surface area contributed by atoms with Gasteiger partial charge in [0.15, 0.2) is 0 Å². The normalized spacial score (nSPS) is 14.1. The molecule has 2 N–H and O–H groups in total. The molecule has 10 nitrogen and oxygen atoms in total. The molecule has 0 unspecified atom stereocenters. The molecule has 4 aromatic rings. The molecule has 1 fully saturated rings. The molecule has 39 heavy (non-hydrogen) atoms. The van der Waals surface area contributed by atoms with Crippen LogP contribution in [-0.2, 0) is 11.3 Å². The van der Waals surface area contributed by atoms with Crippen LogP contribution in [0.15, 0.2) is 58.7 Å². The number of nitrogens with zero attached hydrogens (tertiary/aromatic N) is 4. The third kappa shape index (κ3) is 6.16. The molecule has 0 radical (unpaired) electrons. The lowest BCUT2D eigenvalue weighted by Gasteiger charge is -2.32. The summed E-state index contributed by atoms with van der Waals surface area (Å²) in [6.07, 6.45) is 1.36. The highest BCUT2D eigenvalue weighted by Crippen LogP contribution is 2.26. The number of aromatic nitrogens is 3. The van der Waals surface area contributed by atoms with Crippen molar-refractivity contribution in [1.82, 2.24) is 24.3 Å². The Hall–Kier alpha value is -3.67. The van der Waals surface area contributed by atoms with E-state index in [1.54, 1.807) is 46.6 Å². The van der Waals surface area contributed by atoms with Gasteiger partial charge in [0.05, 0.1) is 24.2 Å². The summed E-state index contributed by atoms with van der Waals surface area (Å²) in [5, 5.41) is 5.83. The molecule has 3 amide bonds. The fourth-order valence-corrected chi connectivity index (χ4v) is 5.67. The minimum absolute atomic E-state index is 0.0252. The Labute approximate surface area is 234 Å². The van der Waals surface area contributed by atoms with E-state index in [9.17, 15) is 14.4 Å². The maximum Gasteiger partial charge on any atom is 0.326 e. The number of methoxy groups -OCH3 is 1. The number of nitrogens with one attached hydrogen (secondary N) is 2. The highest BCUT2D eigenvalue weighted by molar-refractivity contribution is 7.09. The first kappa shape index (κ1) is 26.9. The number of amides is 3. The van der Waals surface area contributed by atoms with E-state index < -0.39 is 0 Å². The van der Waals surface area contributed by atoms with Crippen molar-refractivity contribution in [2.24, 2.45) is 0 Å². The predicted octanol–water partition coefficient (Wildman–Crippen LogP) is 4.60. The van der Waals surface area contributed by atoms with Crippen molar-refractivity contribution in [2.75, 3.05) is 38.7 Å². The molecule has 5 rings (SSSR count). The van der Waals surface area contributed by atoms with Gasteiger partial charge in [0.1, 0.15) is 10.7 Å². The molecule has 3 heterocycles. The number of benzene rings is 2. The molecule has 0 saturated carbocycles. The average Bonchev–Trinajstić information content (AvgIpc) is 3.55. The van der Waals surface area contributed by atoms with Gasteiger partial charge < -0.3 is 24.8 Å². The van der Waals surface area contributed by atoms with E-state index >= 15 is 0 Å². The lowest BCUT2D eigenvalue weighted by Crippen LogP contribution is -2.40. The van der Waals surface area contributed by atoms with Gasteiger partial charge in [0, 0.05) is 48.9 Å². The Bertz CT molecular complexity index is 1510. The quantitative estimate of drug-likeness (QED) is 0.323. The van der Waals surface area contributed by atoms with Crippen molar-refractivity contribution < 1.29 is 14.3 Å². The number of hydrogen-bond acceptors (Lipinski definition) is 6. The molecule has 1 saturated heterocycles. The van der Waals surface area contributed by atoms with Gasteiger partial charge in [-0.1, -0.05) is 23.7 Å². The van der Waals surface area contributed by atoms with Crippen molar-refractivity contribution in [2.45, 2.75) is 25.4 Å². The molecular formula is C27H29ClN6O4S. The van der Waals surface area contributed by atoms with Crippen LogP contribution < -0.4 is 11.0 Å². The summed E-state index contributed by atoms with van der Waals surface area (Å²) in [6, 6.07) is 14.2. The summed E-state index contributed by atoms with van der Waals surface area (Å²) in [4.78, 5) is 49.5. The Morgan fingerprint density at radius 2 is 1.92 bits per heavy atom. The second kappa shape index (κ2) is 12.0. The SMILES string of the molecule is COCCN(Cc1nc(C(=O)N2CCC(n3c(=O)[nH]c4ccccc43)CC2)cs1)C(=O)Nc1ccc(Cl)cc1. The van der Waals surface area contributed by atoms with Gasteiger partial charge in [-0.2, -0.15) is 0 Å². The van der Waals surface area contributed by atoms with Gasteiger partial charge in [-0.05, 0) is 49.2 Å². The van der Waals surface area contributed by atoms with Crippen LogP contribution >= 0.6 is 22.9 Å². The summed E-state index contributed by atoms with van der Waals surface area (Å²) in [6.45, 7) is 2.03.